The molecular weight excluding hydrogens is 538 g/mol. The van der Waals surface area contributed by atoms with E-state index in [0.29, 0.717) is 0 Å². The molecule has 6 heteroatoms. The summed E-state index contributed by atoms with van der Waals surface area (Å²) in [4.78, 5) is 11.9. The van der Waals surface area contributed by atoms with Crippen LogP contribution in [0.2, 0.25) is 0 Å². The van der Waals surface area contributed by atoms with Crippen LogP contribution in [0.5, 0.6) is 0 Å². The first-order valence-electron chi connectivity index (χ1n) is 10.7. The summed E-state index contributed by atoms with van der Waals surface area (Å²) in [5.74, 6) is 0. The van der Waals surface area contributed by atoms with Crippen LogP contribution in [-0.4, -0.2) is 77.7 Å². The standard InChI is InChI=1S/C27H27N4Se2/c1-30(2)26-28-24(20-14-8-5-9-15-20)22(32-26)18-12-7-13-19-23-25(21-16-10-6-11-17-21)29-27(33-23)31(3)4/h5-19H,1-4H3/q+1. The summed E-state index contributed by atoms with van der Waals surface area (Å²) >= 11 is 0.406. The molecule has 4 rings (SSSR count). The van der Waals surface area contributed by atoms with Crippen LogP contribution in [0.25, 0.3) is 17.3 Å². The van der Waals surface area contributed by atoms with Crippen molar-refractivity contribution >= 4 is 50.7 Å². The van der Waals surface area contributed by atoms with Crippen LogP contribution in [0.15, 0.2) is 94.4 Å². The zero-order chi connectivity index (χ0) is 23.2. The monoisotopic (exact) mass is 567 g/mol. The Hall–Kier alpha value is -2.75. The number of rotatable bonds is 6. The average molecular weight is 565 g/mol. The van der Waals surface area contributed by atoms with Crippen LogP contribution in [0.1, 0.15) is 10.0 Å². The summed E-state index contributed by atoms with van der Waals surface area (Å²) in [6.45, 7) is 0. The van der Waals surface area contributed by atoms with Crippen LogP contribution in [0, 0.1) is 0 Å². The van der Waals surface area contributed by atoms with Crippen molar-refractivity contribution in [1.29, 1.82) is 0 Å². The Morgan fingerprint density at radius 1 is 0.848 bits per heavy atom. The first kappa shape index (κ1) is 23.4. The van der Waals surface area contributed by atoms with E-state index in [1.807, 2.05) is 12.1 Å². The molecule has 0 amide bonds. The van der Waals surface area contributed by atoms with Gasteiger partial charge in [0.2, 0.25) is 0 Å². The second-order valence-electron chi connectivity index (χ2n) is 7.85. The van der Waals surface area contributed by atoms with Gasteiger partial charge in [-0.1, -0.05) is 0 Å². The van der Waals surface area contributed by atoms with E-state index in [2.05, 4.69) is 117 Å². The number of amidine groups is 1. The quantitative estimate of drug-likeness (QED) is 0.256. The molecule has 0 unspecified atom stereocenters. The van der Waals surface area contributed by atoms with Gasteiger partial charge in [-0.3, -0.25) is 0 Å². The number of anilines is 1. The van der Waals surface area contributed by atoms with Crippen molar-refractivity contribution in [2.45, 2.75) is 0 Å². The zero-order valence-electron chi connectivity index (χ0n) is 19.3. The first-order chi connectivity index (χ1) is 16.0. The van der Waals surface area contributed by atoms with Crippen molar-refractivity contribution in [2.75, 3.05) is 33.1 Å². The van der Waals surface area contributed by atoms with Gasteiger partial charge in [0.25, 0.3) is 0 Å². The molecule has 0 saturated heterocycles. The van der Waals surface area contributed by atoms with Crippen molar-refractivity contribution in [3.63, 3.8) is 0 Å². The van der Waals surface area contributed by atoms with Gasteiger partial charge in [-0.05, 0) is 0 Å². The molecular formula is C27H27N4Se2+. The Kier molecular flexibility index (Phi) is 7.74. The van der Waals surface area contributed by atoms with E-state index in [1.165, 1.54) is 20.0 Å². The molecule has 33 heavy (non-hydrogen) atoms. The summed E-state index contributed by atoms with van der Waals surface area (Å²) in [6, 6.07) is 20.9. The molecule has 0 atom stereocenters. The fourth-order valence-electron chi connectivity index (χ4n) is 3.20. The third-order valence-electron chi connectivity index (χ3n) is 4.86. The number of allylic oxidation sites excluding steroid dienone is 5. The summed E-state index contributed by atoms with van der Waals surface area (Å²) in [5, 5.41) is 0. The Bertz CT molecular complexity index is 1260. The van der Waals surface area contributed by atoms with Crippen LogP contribution < -0.4 is 4.90 Å². The van der Waals surface area contributed by atoms with Crippen LogP contribution in [0.3, 0.4) is 0 Å². The van der Waals surface area contributed by atoms with Crippen molar-refractivity contribution in [1.82, 2.24) is 4.98 Å². The van der Waals surface area contributed by atoms with Gasteiger partial charge in [-0.15, -0.1) is 0 Å². The molecule has 1 aliphatic rings. The molecule has 2 heterocycles. The van der Waals surface area contributed by atoms with Gasteiger partial charge >= 0.3 is 209 Å². The third-order valence-corrected chi connectivity index (χ3v) is 9.85. The van der Waals surface area contributed by atoms with Crippen molar-refractivity contribution in [3.05, 3.63) is 99.4 Å². The van der Waals surface area contributed by atoms with Gasteiger partial charge in [0.1, 0.15) is 0 Å². The second kappa shape index (κ2) is 10.9. The molecule has 1 aliphatic heterocycles. The molecule has 0 aliphatic carbocycles. The van der Waals surface area contributed by atoms with E-state index in [1.54, 1.807) is 0 Å². The van der Waals surface area contributed by atoms with Gasteiger partial charge in [-0.25, -0.2) is 0 Å². The molecule has 3 aromatic rings. The molecule has 1 aromatic heterocycles. The molecule has 2 aromatic carbocycles. The fourth-order valence-corrected chi connectivity index (χ4v) is 7.08. The van der Waals surface area contributed by atoms with E-state index >= 15 is 0 Å². The van der Waals surface area contributed by atoms with Gasteiger partial charge in [0, 0.05) is 0 Å². The minimum absolute atomic E-state index is 0.203. The van der Waals surface area contributed by atoms with E-state index in [9.17, 15) is 0 Å². The van der Waals surface area contributed by atoms with Gasteiger partial charge < -0.3 is 0 Å². The number of aromatic nitrogens is 1. The Balaban J connectivity index is 1.57. The molecule has 0 saturated carbocycles. The summed E-state index contributed by atoms with van der Waals surface area (Å²) in [6.07, 6.45) is 10.8. The minimum atomic E-state index is 0.203. The third kappa shape index (κ3) is 5.79. The molecule has 166 valence electrons. The Morgan fingerprint density at radius 2 is 1.52 bits per heavy atom. The summed E-state index contributed by atoms with van der Waals surface area (Å²) in [7, 11) is 8.26. The molecule has 0 fully saturated rings. The van der Waals surface area contributed by atoms with Crippen LogP contribution in [0.4, 0.5) is 4.69 Å². The zero-order valence-corrected chi connectivity index (χ0v) is 22.7. The molecule has 0 spiro atoms. The predicted molar refractivity (Wildman–Crippen MR) is 143 cm³/mol. The Morgan fingerprint density at radius 3 is 2.15 bits per heavy atom. The van der Waals surface area contributed by atoms with E-state index < -0.39 is 0 Å². The molecule has 4 nitrogen and oxygen atoms in total. The Labute approximate surface area is 208 Å². The topological polar surface area (TPSA) is 31.5 Å². The van der Waals surface area contributed by atoms with Gasteiger partial charge in [-0.2, -0.15) is 0 Å². The molecule has 0 N–H and O–H groups in total. The van der Waals surface area contributed by atoms with Gasteiger partial charge in [0.05, 0.1) is 0 Å². The fraction of sp³-hybridized carbons (Fsp3) is 0.148. The summed E-state index contributed by atoms with van der Waals surface area (Å²) in [5.41, 5.74) is 4.52. The normalized spacial score (nSPS) is 15.1. The number of nitrogens with zero attached hydrogens (tertiary/aromatic N) is 4. The van der Waals surface area contributed by atoms with E-state index in [4.69, 9.17) is 9.98 Å². The average Bonchev–Trinajstić information content (AvgIpc) is 3.45. The van der Waals surface area contributed by atoms with Crippen molar-refractivity contribution < 1.29 is 4.58 Å². The van der Waals surface area contributed by atoms with Crippen molar-refractivity contribution in [3.8, 4) is 11.3 Å². The number of hydrogen-bond donors (Lipinski definition) is 0. The SMILES string of the molecule is CN(C)c1nc(-c2ccccc2)c(/C=C/C=C/C=C2/[Se]C(=[N+](C)C)N=C2c2ccccc2)[se]1. The second-order valence-corrected chi connectivity index (χ2v) is 12.1. The molecule has 0 bridgehead atoms. The molecule has 0 radical (unpaired) electrons. The number of aliphatic imine (C=N–C) groups is 1. The maximum absolute atomic E-state index is 4.91. The number of benzene rings is 2. The van der Waals surface area contributed by atoms with E-state index in [0.717, 1.165) is 20.8 Å². The van der Waals surface area contributed by atoms with Gasteiger partial charge in [0.15, 0.2) is 0 Å². The number of hydrogen-bond acceptors (Lipinski definition) is 2. The maximum atomic E-state index is 4.91. The first-order valence-corrected chi connectivity index (χ1v) is 14.1. The van der Waals surface area contributed by atoms with Crippen LogP contribution in [-0.2, 0) is 0 Å². The van der Waals surface area contributed by atoms with Crippen molar-refractivity contribution in [2.24, 2.45) is 4.99 Å². The predicted octanol–water partition coefficient (Wildman–Crippen LogP) is 4.16. The van der Waals surface area contributed by atoms with E-state index in [-0.39, 0.29) is 29.5 Å². The van der Waals surface area contributed by atoms with Crippen LogP contribution >= 0.6 is 0 Å². The summed E-state index contributed by atoms with van der Waals surface area (Å²) < 4.78 is 7.02.